The third-order valence-corrected chi connectivity index (χ3v) is 2.17. The number of para-hydroxylation sites is 1. The van der Waals surface area contributed by atoms with Gasteiger partial charge in [0.15, 0.2) is 5.76 Å². The zero-order valence-corrected chi connectivity index (χ0v) is 8.47. The fraction of sp³-hybridized carbons (Fsp3) is 0.0909. The molecule has 2 aromatic rings. The molecule has 16 heavy (non-hydrogen) atoms. The Morgan fingerprint density at radius 2 is 2.31 bits per heavy atom. The molecule has 0 amide bonds. The van der Waals surface area contributed by atoms with Crippen LogP contribution in [0.4, 0.5) is 11.4 Å². The van der Waals surface area contributed by atoms with Crippen molar-refractivity contribution in [3.63, 3.8) is 0 Å². The smallest absolute Gasteiger partial charge is 0.155 e. The van der Waals surface area contributed by atoms with E-state index in [0.29, 0.717) is 23.6 Å². The van der Waals surface area contributed by atoms with Crippen molar-refractivity contribution in [2.45, 2.75) is 6.54 Å². The maximum Gasteiger partial charge on any atom is 0.155 e. The monoisotopic (exact) mass is 214 g/mol. The Kier molecular flexibility index (Phi) is 2.74. The number of anilines is 2. The molecule has 0 unspecified atom stereocenters. The minimum absolute atomic E-state index is 0.449. The second kappa shape index (κ2) is 4.36. The molecule has 1 heterocycles. The molecule has 1 aromatic carbocycles. The first-order chi connectivity index (χ1) is 7.81. The lowest BCUT2D eigenvalue weighted by Crippen LogP contribution is -2.03. The number of nitriles is 1. The highest BCUT2D eigenvalue weighted by Crippen LogP contribution is 2.22. The summed E-state index contributed by atoms with van der Waals surface area (Å²) in [5.74, 6) is 0.710. The Labute approximate surface area is 92.5 Å². The second-order valence-electron chi connectivity index (χ2n) is 3.21. The Balaban J connectivity index is 2.13. The van der Waals surface area contributed by atoms with Gasteiger partial charge in [-0.05, 0) is 12.1 Å². The normalized spacial score (nSPS) is 9.69. The van der Waals surface area contributed by atoms with Crippen LogP contribution in [-0.2, 0) is 6.54 Å². The Morgan fingerprint density at radius 1 is 1.44 bits per heavy atom. The van der Waals surface area contributed by atoms with E-state index in [-0.39, 0.29) is 0 Å². The van der Waals surface area contributed by atoms with Crippen LogP contribution >= 0.6 is 0 Å². The number of benzene rings is 1. The predicted molar refractivity (Wildman–Crippen MR) is 59.4 cm³/mol. The molecule has 0 radical (unpaired) electrons. The van der Waals surface area contributed by atoms with Gasteiger partial charge in [0, 0.05) is 6.07 Å². The highest BCUT2D eigenvalue weighted by Gasteiger charge is 2.04. The number of nitrogens with zero attached hydrogens (tertiary/aromatic N) is 2. The third-order valence-electron chi connectivity index (χ3n) is 2.17. The summed E-state index contributed by atoms with van der Waals surface area (Å²) in [6.07, 6.45) is 1.58. The zero-order valence-electron chi connectivity index (χ0n) is 8.47. The lowest BCUT2D eigenvalue weighted by atomic mass is 10.1. The fourth-order valence-corrected chi connectivity index (χ4v) is 1.33. The van der Waals surface area contributed by atoms with Gasteiger partial charge in [-0.15, -0.1) is 0 Å². The molecular formula is C11H10N4O. The largest absolute Gasteiger partial charge is 0.396 e. The molecule has 0 fully saturated rings. The van der Waals surface area contributed by atoms with Crippen LogP contribution in [0.25, 0.3) is 0 Å². The molecule has 0 aliphatic rings. The first kappa shape index (κ1) is 10.1. The minimum Gasteiger partial charge on any atom is -0.396 e. The number of hydrogen-bond donors (Lipinski definition) is 2. The molecule has 0 aliphatic carbocycles. The van der Waals surface area contributed by atoms with Gasteiger partial charge < -0.3 is 15.6 Å². The average Bonchev–Trinajstić information content (AvgIpc) is 2.81. The van der Waals surface area contributed by atoms with Gasteiger partial charge in [-0.3, -0.25) is 0 Å². The molecule has 5 heteroatoms. The summed E-state index contributed by atoms with van der Waals surface area (Å²) >= 11 is 0. The Bertz CT molecular complexity index is 513. The van der Waals surface area contributed by atoms with Gasteiger partial charge >= 0.3 is 0 Å². The summed E-state index contributed by atoms with van der Waals surface area (Å²) in [5, 5.41) is 15.5. The predicted octanol–water partition coefficient (Wildman–Crippen LogP) is 1.74. The Hall–Kier alpha value is -2.48. The van der Waals surface area contributed by atoms with Gasteiger partial charge in [-0.25, -0.2) is 0 Å². The molecular weight excluding hydrogens is 204 g/mol. The first-order valence-corrected chi connectivity index (χ1v) is 4.73. The molecule has 2 rings (SSSR count). The summed E-state index contributed by atoms with van der Waals surface area (Å²) in [5.41, 5.74) is 7.43. The van der Waals surface area contributed by atoms with E-state index in [1.807, 2.05) is 12.1 Å². The van der Waals surface area contributed by atoms with Crippen molar-refractivity contribution < 1.29 is 4.52 Å². The molecule has 0 bridgehead atoms. The summed E-state index contributed by atoms with van der Waals surface area (Å²) in [4.78, 5) is 0. The standard InChI is InChI=1S/C11H10N4O/c12-6-8-2-1-3-10(11(8)13)14-7-9-4-5-15-16-9/h1-5,14H,7,13H2. The lowest BCUT2D eigenvalue weighted by molar-refractivity contribution is 0.388. The van der Waals surface area contributed by atoms with E-state index in [4.69, 9.17) is 15.5 Å². The van der Waals surface area contributed by atoms with Crippen LogP contribution in [0.2, 0.25) is 0 Å². The molecule has 0 aliphatic heterocycles. The summed E-state index contributed by atoms with van der Waals surface area (Å²) in [6.45, 7) is 0.485. The van der Waals surface area contributed by atoms with Gasteiger partial charge in [0.05, 0.1) is 29.7 Å². The molecule has 3 N–H and O–H groups in total. The number of nitrogens with one attached hydrogen (secondary N) is 1. The molecule has 0 saturated heterocycles. The van der Waals surface area contributed by atoms with Crippen LogP contribution in [0.1, 0.15) is 11.3 Å². The SMILES string of the molecule is N#Cc1cccc(NCc2ccno2)c1N. The highest BCUT2D eigenvalue weighted by molar-refractivity contribution is 5.72. The maximum atomic E-state index is 8.81. The van der Waals surface area contributed by atoms with Crippen LogP contribution in [0.15, 0.2) is 35.0 Å². The van der Waals surface area contributed by atoms with Gasteiger partial charge in [0.2, 0.25) is 0 Å². The quantitative estimate of drug-likeness (QED) is 0.760. The molecule has 5 nitrogen and oxygen atoms in total. The number of rotatable bonds is 3. The van der Waals surface area contributed by atoms with Crippen LogP contribution in [0.3, 0.4) is 0 Å². The second-order valence-corrected chi connectivity index (χ2v) is 3.21. The number of aromatic nitrogens is 1. The number of nitrogen functional groups attached to an aromatic ring is 1. The van der Waals surface area contributed by atoms with Crippen molar-refractivity contribution in [1.29, 1.82) is 5.26 Å². The van der Waals surface area contributed by atoms with Gasteiger partial charge in [0.25, 0.3) is 0 Å². The van der Waals surface area contributed by atoms with Gasteiger partial charge in [-0.1, -0.05) is 11.2 Å². The number of hydrogen-bond acceptors (Lipinski definition) is 5. The highest BCUT2D eigenvalue weighted by atomic mass is 16.5. The van der Waals surface area contributed by atoms with Crippen LogP contribution < -0.4 is 11.1 Å². The van der Waals surface area contributed by atoms with Crippen LogP contribution in [0, 0.1) is 11.3 Å². The molecule has 0 saturated carbocycles. The van der Waals surface area contributed by atoms with E-state index in [1.165, 1.54) is 0 Å². The third kappa shape index (κ3) is 1.96. The van der Waals surface area contributed by atoms with Gasteiger partial charge in [-0.2, -0.15) is 5.26 Å². The molecule has 1 aromatic heterocycles. The van der Waals surface area contributed by atoms with Crippen LogP contribution in [-0.4, -0.2) is 5.16 Å². The van der Waals surface area contributed by atoms with Crippen molar-refractivity contribution in [3.8, 4) is 6.07 Å². The zero-order chi connectivity index (χ0) is 11.4. The van der Waals surface area contributed by atoms with E-state index < -0.39 is 0 Å². The fourth-order valence-electron chi connectivity index (χ4n) is 1.33. The molecule has 0 atom stereocenters. The lowest BCUT2D eigenvalue weighted by Gasteiger charge is -2.08. The summed E-state index contributed by atoms with van der Waals surface area (Å²) < 4.78 is 4.93. The van der Waals surface area contributed by atoms with Crippen molar-refractivity contribution in [1.82, 2.24) is 5.16 Å². The van der Waals surface area contributed by atoms with Crippen LogP contribution in [0.5, 0.6) is 0 Å². The topological polar surface area (TPSA) is 87.9 Å². The van der Waals surface area contributed by atoms with E-state index in [2.05, 4.69) is 10.5 Å². The van der Waals surface area contributed by atoms with E-state index in [1.54, 1.807) is 24.4 Å². The van der Waals surface area contributed by atoms with Gasteiger partial charge in [0.1, 0.15) is 6.07 Å². The molecule has 80 valence electrons. The van der Waals surface area contributed by atoms with Crippen molar-refractivity contribution in [3.05, 3.63) is 41.8 Å². The number of nitrogens with two attached hydrogens (primary N) is 1. The summed E-state index contributed by atoms with van der Waals surface area (Å²) in [6, 6.07) is 9.05. The van der Waals surface area contributed by atoms with Crippen molar-refractivity contribution in [2.24, 2.45) is 0 Å². The first-order valence-electron chi connectivity index (χ1n) is 4.73. The Morgan fingerprint density at radius 3 is 3.00 bits per heavy atom. The van der Waals surface area contributed by atoms with Crippen molar-refractivity contribution >= 4 is 11.4 Å². The van der Waals surface area contributed by atoms with E-state index in [9.17, 15) is 0 Å². The average molecular weight is 214 g/mol. The van der Waals surface area contributed by atoms with E-state index >= 15 is 0 Å². The minimum atomic E-state index is 0.449. The maximum absolute atomic E-state index is 8.81. The van der Waals surface area contributed by atoms with E-state index in [0.717, 1.165) is 5.69 Å². The van der Waals surface area contributed by atoms with Crippen molar-refractivity contribution in [2.75, 3.05) is 11.1 Å². The summed E-state index contributed by atoms with van der Waals surface area (Å²) in [7, 11) is 0. The molecule has 0 spiro atoms.